The van der Waals surface area contributed by atoms with Crippen molar-refractivity contribution in [3.63, 3.8) is 0 Å². The normalized spacial score (nSPS) is 16.6. The Kier molecular flexibility index (Phi) is 4.81. The van der Waals surface area contributed by atoms with Crippen molar-refractivity contribution in [2.45, 2.75) is 45.1 Å². The summed E-state index contributed by atoms with van der Waals surface area (Å²) in [5.74, 6) is 1.13. The molecule has 7 nitrogen and oxygen atoms in total. The largest absolute Gasteiger partial charge is 0.465 e. The zero-order valence-electron chi connectivity index (χ0n) is 18.0. The van der Waals surface area contributed by atoms with Gasteiger partial charge < -0.3 is 20.4 Å². The number of hydrogen-bond acceptors (Lipinski definition) is 6. The van der Waals surface area contributed by atoms with Crippen molar-refractivity contribution in [3.05, 3.63) is 72.4 Å². The lowest BCUT2D eigenvalue weighted by molar-refractivity contribution is 0.0941. The summed E-state index contributed by atoms with van der Waals surface area (Å²) in [5, 5.41) is 9.55. The van der Waals surface area contributed by atoms with Crippen molar-refractivity contribution in [1.29, 1.82) is 0 Å². The van der Waals surface area contributed by atoms with Gasteiger partial charge in [-0.2, -0.15) is 0 Å². The van der Waals surface area contributed by atoms with Crippen LogP contribution >= 0.6 is 11.6 Å². The number of fused-ring (bicyclic) bond motifs is 1. The van der Waals surface area contributed by atoms with E-state index in [-0.39, 0.29) is 17.3 Å². The number of rotatable bonds is 6. The predicted molar refractivity (Wildman–Crippen MR) is 124 cm³/mol. The van der Waals surface area contributed by atoms with Gasteiger partial charge in [0.05, 0.1) is 22.2 Å². The van der Waals surface area contributed by atoms with E-state index in [0.29, 0.717) is 34.0 Å². The van der Waals surface area contributed by atoms with Crippen LogP contribution in [0.15, 0.2) is 38.3 Å². The van der Waals surface area contributed by atoms with E-state index < -0.39 is 21.8 Å². The first-order chi connectivity index (χ1) is 14.5. The van der Waals surface area contributed by atoms with Crippen LogP contribution in [0.1, 0.15) is 54.6 Å². The summed E-state index contributed by atoms with van der Waals surface area (Å²) in [6.45, 7) is 7.52. The maximum atomic E-state index is 12.6. The molecule has 0 saturated heterocycles. The Morgan fingerprint density at radius 2 is 1.81 bits per heavy atom. The zero-order valence-corrected chi connectivity index (χ0v) is 18.8. The molecule has 0 radical (unpaired) electrons. The van der Waals surface area contributed by atoms with Gasteiger partial charge in [0.15, 0.2) is 0 Å². The molecular formula is C22H23BClN3O4. The highest BCUT2D eigenvalue weighted by atomic mass is 35.5. The molecule has 0 bridgehead atoms. The van der Waals surface area contributed by atoms with Gasteiger partial charge in [0.2, 0.25) is 0 Å². The van der Waals surface area contributed by atoms with E-state index in [4.69, 9.17) is 16.0 Å². The minimum Gasteiger partial charge on any atom is -0.465 e. The van der Waals surface area contributed by atoms with Crippen molar-refractivity contribution in [2.75, 3.05) is 10.6 Å². The van der Waals surface area contributed by atoms with E-state index in [2.05, 4.69) is 16.0 Å². The highest BCUT2D eigenvalue weighted by molar-refractivity contribution is 6.32. The van der Waals surface area contributed by atoms with Crippen molar-refractivity contribution in [2.24, 2.45) is 0 Å². The lowest BCUT2D eigenvalue weighted by Gasteiger charge is -2.30. The highest BCUT2D eigenvalue weighted by Gasteiger charge is 2.40. The quantitative estimate of drug-likeness (QED) is 0.403. The molecule has 3 aromatic rings. The van der Waals surface area contributed by atoms with Gasteiger partial charge in [0, 0.05) is 10.6 Å². The third-order valence-electron chi connectivity index (χ3n) is 5.99. The summed E-state index contributed by atoms with van der Waals surface area (Å²) in [6, 6.07) is 7.01. The molecule has 2 aromatic carbocycles. The Balaban J connectivity index is 1.73. The molecule has 1 aromatic heterocycles. The maximum absolute atomic E-state index is 12.6. The van der Waals surface area contributed by atoms with Crippen molar-refractivity contribution in [1.82, 2.24) is 5.32 Å². The molecule has 2 heterocycles. The Hall–Kier alpha value is -3.00. The fourth-order valence-electron chi connectivity index (χ4n) is 4.03. The molecule has 0 unspecified atom stereocenters. The van der Waals surface area contributed by atoms with Gasteiger partial charge in [-0.3, -0.25) is 14.4 Å². The smallest absolute Gasteiger partial charge is 0.254 e. The van der Waals surface area contributed by atoms with Crippen molar-refractivity contribution >= 4 is 42.4 Å². The number of furan rings is 1. The van der Waals surface area contributed by atoms with E-state index in [0.717, 1.165) is 5.76 Å². The number of amides is 1. The molecule has 4 rings (SSSR count). The van der Waals surface area contributed by atoms with Gasteiger partial charge >= 0.3 is 0 Å². The van der Waals surface area contributed by atoms with Crippen LogP contribution in [-0.4, -0.2) is 13.8 Å². The number of halogens is 1. The Labute approximate surface area is 185 Å². The number of benzene rings is 1. The Bertz CT molecular complexity index is 1290. The second-order valence-corrected chi connectivity index (χ2v) is 9.09. The van der Waals surface area contributed by atoms with E-state index in [1.54, 1.807) is 12.1 Å². The monoisotopic (exact) mass is 439 g/mol. The van der Waals surface area contributed by atoms with E-state index >= 15 is 0 Å². The van der Waals surface area contributed by atoms with Crippen molar-refractivity contribution < 1.29 is 9.21 Å². The number of carbonyl (C=O) groups excluding carboxylic acids is 1. The predicted octanol–water partition coefficient (Wildman–Crippen LogP) is 2.87. The maximum Gasteiger partial charge on any atom is 0.254 e. The van der Waals surface area contributed by atoms with E-state index in [1.165, 1.54) is 0 Å². The molecule has 1 aliphatic rings. The molecule has 9 heteroatoms. The second kappa shape index (κ2) is 7.02. The minimum absolute atomic E-state index is 0.120. The molecule has 31 heavy (non-hydrogen) atoms. The molecule has 3 N–H and O–H groups in total. The first-order valence-corrected chi connectivity index (χ1v) is 10.5. The molecular weight excluding hydrogens is 417 g/mol. The summed E-state index contributed by atoms with van der Waals surface area (Å²) in [5.41, 5.74) is -0.844. The Morgan fingerprint density at radius 1 is 1.13 bits per heavy atom. The zero-order chi connectivity index (χ0) is 22.7. The number of nitrogens with one attached hydrogen (secondary N) is 3. The van der Waals surface area contributed by atoms with Crippen LogP contribution in [0, 0.1) is 6.92 Å². The number of carbonyl (C=O) groups is 1. The molecule has 0 spiro atoms. The second-order valence-electron chi connectivity index (χ2n) is 8.68. The third kappa shape index (κ3) is 3.26. The van der Waals surface area contributed by atoms with Crippen LogP contribution in [0.25, 0.3) is 0 Å². The van der Waals surface area contributed by atoms with Gasteiger partial charge in [-0.05, 0) is 51.5 Å². The fourth-order valence-corrected chi connectivity index (χ4v) is 4.43. The van der Waals surface area contributed by atoms with E-state index in [1.807, 2.05) is 47.7 Å². The summed E-state index contributed by atoms with van der Waals surface area (Å²) in [6.07, 6.45) is 0.616. The third-order valence-corrected chi connectivity index (χ3v) is 6.31. The number of hydrogen-bond donors (Lipinski definition) is 3. The topological polar surface area (TPSA) is 100 Å². The summed E-state index contributed by atoms with van der Waals surface area (Å²) < 4.78 is 5.77. The average molecular weight is 440 g/mol. The van der Waals surface area contributed by atoms with Gasteiger partial charge in [-0.15, -0.1) is 0 Å². The van der Waals surface area contributed by atoms with Gasteiger partial charge in [-0.25, -0.2) is 0 Å². The van der Waals surface area contributed by atoms with Crippen LogP contribution in [-0.2, 0) is 11.0 Å². The average Bonchev–Trinajstić information content (AvgIpc) is 3.26. The van der Waals surface area contributed by atoms with Crippen LogP contribution in [0.4, 0.5) is 17.1 Å². The minimum atomic E-state index is -0.686. The SMILES string of the molecule is B[C@](CC)(Nc1c(Nc2ccc(Cl)c3c2C(=O)NC3(C)C)c(=O)c1=O)c1ccc(C)o1. The number of anilines is 3. The van der Waals surface area contributed by atoms with Gasteiger partial charge in [0.25, 0.3) is 16.8 Å². The summed E-state index contributed by atoms with van der Waals surface area (Å²) in [4.78, 5) is 37.4. The molecule has 160 valence electrons. The first-order valence-electron chi connectivity index (χ1n) is 10.1. The highest BCUT2D eigenvalue weighted by Crippen LogP contribution is 2.41. The molecule has 1 aliphatic heterocycles. The number of aryl methyl sites for hydroxylation is 1. The summed E-state index contributed by atoms with van der Waals surface area (Å²) >= 11 is 6.36. The molecule has 0 saturated carbocycles. The molecule has 1 atom stereocenters. The van der Waals surface area contributed by atoms with E-state index in [9.17, 15) is 14.4 Å². The van der Waals surface area contributed by atoms with Crippen LogP contribution in [0.2, 0.25) is 5.02 Å². The van der Waals surface area contributed by atoms with Crippen LogP contribution in [0.3, 0.4) is 0 Å². The first kappa shape index (κ1) is 21.2. The lowest BCUT2D eigenvalue weighted by Crippen LogP contribution is -2.44. The standard InChI is InChI=1S/C22H23BClN3O4/c1-5-22(23,13-9-6-10(2)31-13)26-17-16(18(28)19(17)29)25-12-8-7-11(24)15-14(12)20(30)27-21(15,3)4/h6-9,25-26H,5,23H2,1-4H3,(H,27,30)/t22-/m1/s1. The summed E-state index contributed by atoms with van der Waals surface area (Å²) in [7, 11) is 1.90. The molecule has 0 aliphatic carbocycles. The Morgan fingerprint density at radius 3 is 2.42 bits per heavy atom. The lowest BCUT2D eigenvalue weighted by atomic mass is 9.73. The molecule has 1 amide bonds. The molecule has 0 fully saturated rings. The van der Waals surface area contributed by atoms with Gasteiger partial charge in [0.1, 0.15) is 30.7 Å². The van der Waals surface area contributed by atoms with Crippen molar-refractivity contribution in [3.8, 4) is 0 Å². The van der Waals surface area contributed by atoms with Gasteiger partial charge in [-0.1, -0.05) is 18.5 Å². The fraction of sp³-hybridized carbons (Fsp3) is 0.318. The van der Waals surface area contributed by atoms with Crippen LogP contribution < -0.4 is 26.8 Å². The van der Waals surface area contributed by atoms with Crippen LogP contribution in [0.5, 0.6) is 0 Å².